The molecule has 0 saturated heterocycles. The van der Waals surface area contributed by atoms with Gasteiger partial charge in [0.15, 0.2) is 15.9 Å². The highest BCUT2D eigenvalue weighted by molar-refractivity contribution is 7.80. The first kappa shape index (κ1) is 23.0. The molecule has 0 aliphatic carbocycles. The van der Waals surface area contributed by atoms with E-state index in [0.29, 0.717) is 21.5 Å². The van der Waals surface area contributed by atoms with Crippen LogP contribution in [0.2, 0.25) is 0 Å². The Labute approximate surface area is 202 Å². The molecule has 34 heavy (non-hydrogen) atoms. The van der Waals surface area contributed by atoms with Gasteiger partial charge in [0.05, 0.1) is 4.92 Å². The van der Waals surface area contributed by atoms with Gasteiger partial charge < -0.3 is 14.5 Å². The van der Waals surface area contributed by atoms with Gasteiger partial charge in [-0.05, 0) is 43.4 Å². The highest BCUT2D eigenvalue weighted by atomic mass is 32.1. The molecule has 2 aromatic heterocycles. The predicted octanol–water partition coefficient (Wildman–Crippen LogP) is 4.72. The van der Waals surface area contributed by atoms with Gasteiger partial charge in [-0.2, -0.15) is 0 Å². The van der Waals surface area contributed by atoms with Crippen molar-refractivity contribution in [3.05, 3.63) is 87.1 Å². The molecule has 4 aromatic rings. The topological polar surface area (TPSA) is 132 Å². The first-order valence-electron chi connectivity index (χ1n) is 9.86. The second-order valence-electron chi connectivity index (χ2n) is 6.98. The van der Waals surface area contributed by atoms with E-state index in [1.54, 1.807) is 12.1 Å². The number of carbonyl (C=O) groups excluding carboxylic acids is 1. The summed E-state index contributed by atoms with van der Waals surface area (Å²) in [5.41, 5.74) is 1.54. The molecule has 1 amide bonds. The Morgan fingerprint density at radius 2 is 1.97 bits per heavy atom. The highest BCUT2D eigenvalue weighted by Crippen LogP contribution is 2.26. The summed E-state index contributed by atoms with van der Waals surface area (Å²) in [6, 6.07) is 16.6. The number of anilines is 1. The fraction of sp³-hybridized carbons (Fsp3) is 0.0909. The Bertz CT molecular complexity index is 1350. The minimum absolute atomic E-state index is 0.00453. The van der Waals surface area contributed by atoms with Gasteiger partial charge in [-0.25, -0.2) is 0 Å². The molecule has 0 bridgehead atoms. The van der Waals surface area contributed by atoms with Crippen molar-refractivity contribution < 1.29 is 18.9 Å². The number of nitro benzene ring substituents is 1. The first-order chi connectivity index (χ1) is 16.4. The molecular formula is C22H17N5O5S2. The van der Waals surface area contributed by atoms with Crippen LogP contribution >= 0.6 is 23.6 Å². The molecule has 0 radical (unpaired) electrons. The molecule has 172 valence electrons. The summed E-state index contributed by atoms with van der Waals surface area (Å²) in [6.45, 7) is 2.24. The number of non-ortho nitro benzene ring substituents is 1. The molecule has 0 saturated carbocycles. The monoisotopic (exact) mass is 495 g/mol. The zero-order chi connectivity index (χ0) is 24.1. The summed E-state index contributed by atoms with van der Waals surface area (Å²) in [4.78, 5) is 22.9. The average Bonchev–Trinajstić information content (AvgIpc) is 3.49. The summed E-state index contributed by atoms with van der Waals surface area (Å²) in [5.74, 6) is 0.452. The average molecular weight is 496 g/mol. The normalized spacial score (nSPS) is 10.5. The van der Waals surface area contributed by atoms with Crippen molar-refractivity contribution in [3.8, 4) is 17.1 Å². The number of carbonyl (C=O) groups is 1. The van der Waals surface area contributed by atoms with E-state index in [0.717, 1.165) is 11.3 Å². The fourth-order valence-electron chi connectivity index (χ4n) is 2.82. The molecular weight excluding hydrogens is 478 g/mol. The van der Waals surface area contributed by atoms with Crippen molar-refractivity contribution in [3.63, 3.8) is 0 Å². The van der Waals surface area contributed by atoms with Gasteiger partial charge in [0.25, 0.3) is 11.6 Å². The molecule has 12 heteroatoms. The van der Waals surface area contributed by atoms with Crippen molar-refractivity contribution in [1.29, 1.82) is 0 Å². The molecule has 0 atom stereocenters. The van der Waals surface area contributed by atoms with Crippen molar-refractivity contribution in [2.24, 2.45) is 0 Å². The molecule has 0 aliphatic heterocycles. The van der Waals surface area contributed by atoms with Gasteiger partial charge >= 0.3 is 0 Å². The SMILES string of the molecule is Cc1ccc(OCc2nnc(NC(=S)NC(=O)c3ccc(-c4cccc([N+](=O)[O-])c4)o3)s2)cc1. The Hall–Kier alpha value is -4.16. The molecule has 2 aromatic carbocycles. The minimum atomic E-state index is -0.582. The number of hydrogen-bond acceptors (Lipinski definition) is 9. The van der Waals surface area contributed by atoms with Gasteiger partial charge in [0.1, 0.15) is 18.1 Å². The number of rotatable bonds is 7. The van der Waals surface area contributed by atoms with Gasteiger partial charge in [-0.3, -0.25) is 20.2 Å². The van der Waals surface area contributed by atoms with Gasteiger partial charge in [0, 0.05) is 17.7 Å². The minimum Gasteiger partial charge on any atom is -0.486 e. The van der Waals surface area contributed by atoms with Crippen LogP contribution in [0.4, 0.5) is 10.8 Å². The highest BCUT2D eigenvalue weighted by Gasteiger charge is 2.16. The molecule has 0 aliphatic rings. The number of hydrogen-bond donors (Lipinski definition) is 2. The van der Waals surface area contributed by atoms with Gasteiger partial charge in [-0.15, -0.1) is 10.2 Å². The van der Waals surface area contributed by atoms with Crippen LogP contribution in [0.5, 0.6) is 5.75 Å². The third-order valence-corrected chi connectivity index (χ3v) is 5.49. The van der Waals surface area contributed by atoms with E-state index < -0.39 is 10.8 Å². The van der Waals surface area contributed by atoms with E-state index in [4.69, 9.17) is 21.4 Å². The number of aromatic nitrogens is 2. The van der Waals surface area contributed by atoms with E-state index in [9.17, 15) is 14.9 Å². The van der Waals surface area contributed by atoms with Crippen molar-refractivity contribution in [2.45, 2.75) is 13.5 Å². The van der Waals surface area contributed by atoms with Crippen molar-refractivity contribution in [2.75, 3.05) is 5.32 Å². The number of ether oxygens (including phenoxy) is 1. The van der Waals surface area contributed by atoms with Crippen LogP contribution in [0.3, 0.4) is 0 Å². The second-order valence-corrected chi connectivity index (χ2v) is 8.45. The number of benzene rings is 2. The lowest BCUT2D eigenvalue weighted by Crippen LogP contribution is -2.33. The summed E-state index contributed by atoms with van der Waals surface area (Å²) >= 11 is 6.40. The standard InChI is InChI=1S/C22H17N5O5S2/c1-13-5-7-16(8-6-13)31-12-19-25-26-22(34-19)24-21(33)23-20(28)18-10-9-17(32-18)14-3-2-4-15(11-14)27(29)30/h2-11H,12H2,1H3,(H2,23,24,26,28,33). The lowest BCUT2D eigenvalue weighted by atomic mass is 10.1. The van der Waals surface area contributed by atoms with Gasteiger partial charge in [0.2, 0.25) is 5.13 Å². The predicted molar refractivity (Wildman–Crippen MR) is 130 cm³/mol. The third-order valence-electron chi connectivity index (χ3n) is 4.47. The third kappa shape index (κ3) is 5.79. The van der Waals surface area contributed by atoms with Crippen LogP contribution < -0.4 is 15.4 Å². The van der Waals surface area contributed by atoms with Crippen molar-refractivity contribution >= 4 is 45.4 Å². The summed E-state index contributed by atoms with van der Waals surface area (Å²) in [5, 5.41) is 25.3. The zero-order valence-electron chi connectivity index (χ0n) is 17.7. The fourth-order valence-corrected chi connectivity index (χ4v) is 3.73. The largest absolute Gasteiger partial charge is 0.486 e. The quantitative estimate of drug-likeness (QED) is 0.212. The van der Waals surface area contributed by atoms with E-state index in [1.165, 1.54) is 35.6 Å². The Morgan fingerprint density at radius 3 is 2.74 bits per heavy atom. The number of nitro groups is 1. The second kappa shape index (κ2) is 10.2. The number of furan rings is 1. The molecule has 10 nitrogen and oxygen atoms in total. The number of amides is 1. The number of nitrogens with one attached hydrogen (secondary N) is 2. The Kier molecular flexibility index (Phi) is 6.90. The summed E-state index contributed by atoms with van der Waals surface area (Å²) in [7, 11) is 0. The summed E-state index contributed by atoms with van der Waals surface area (Å²) < 4.78 is 11.2. The van der Waals surface area contributed by atoms with Crippen LogP contribution in [0.15, 0.2) is 65.1 Å². The van der Waals surface area contributed by atoms with Crippen LogP contribution in [-0.2, 0) is 6.61 Å². The first-order valence-corrected chi connectivity index (χ1v) is 11.1. The number of nitrogens with zero attached hydrogens (tertiary/aromatic N) is 3. The number of aryl methyl sites for hydroxylation is 1. The maximum Gasteiger partial charge on any atom is 0.293 e. The van der Waals surface area contributed by atoms with Crippen LogP contribution in [0.1, 0.15) is 21.1 Å². The number of thiocarbonyl (C=S) groups is 1. The van der Waals surface area contributed by atoms with Crippen LogP contribution in [0.25, 0.3) is 11.3 Å². The Balaban J connectivity index is 1.31. The lowest BCUT2D eigenvalue weighted by molar-refractivity contribution is -0.384. The lowest BCUT2D eigenvalue weighted by Gasteiger charge is -2.05. The maximum atomic E-state index is 12.5. The van der Waals surface area contributed by atoms with E-state index in [-0.39, 0.29) is 23.2 Å². The van der Waals surface area contributed by atoms with E-state index in [1.807, 2.05) is 31.2 Å². The molecule has 2 N–H and O–H groups in total. The van der Waals surface area contributed by atoms with Gasteiger partial charge in [-0.1, -0.05) is 41.2 Å². The van der Waals surface area contributed by atoms with Crippen LogP contribution in [-0.4, -0.2) is 26.1 Å². The molecule has 0 spiro atoms. The molecule has 4 rings (SSSR count). The molecule has 2 heterocycles. The molecule has 0 fully saturated rings. The van der Waals surface area contributed by atoms with E-state index in [2.05, 4.69) is 20.8 Å². The van der Waals surface area contributed by atoms with E-state index >= 15 is 0 Å². The maximum absolute atomic E-state index is 12.5. The smallest absolute Gasteiger partial charge is 0.293 e. The summed E-state index contributed by atoms with van der Waals surface area (Å²) in [6.07, 6.45) is 0. The Morgan fingerprint density at radius 1 is 1.18 bits per heavy atom. The van der Waals surface area contributed by atoms with Crippen LogP contribution in [0, 0.1) is 17.0 Å². The van der Waals surface area contributed by atoms with Crippen molar-refractivity contribution in [1.82, 2.24) is 15.5 Å². The molecule has 0 unspecified atom stereocenters. The zero-order valence-corrected chi connectivity index (χ0v) is 19.3.